The second kappa shape index (κ2) is 10.5. The summed E-state index contributed by atoms with van der Waals surface area (Å²) in [7, 11) is 0. The van der Waals surface area contributed by atoms with E-state index in [0.717, 1.165) is 10.9 Å². The van der Waals surface area contributed by atoms with Crippen LogP contribution in [0.15, 0.2) is 88.1 Å². The molecule has 1 aliphatic rings. The molecule has 1 saturated heterocycles. The van der Waals surface area contributed by atoms with Crippen molar-refractivity contribution in [2.75, 3.05) is 0 Å². The van der Waals surface area contributed by atoms with Crippen molar-refractivity contribution in [1.82, 2.24) is 0 Å². The van der Waals surface area contributed by atoms with Crippen LogP contribution >= 0.6 is 0 Å². The second-order valence-corrected chi connectivity index (χ2v) is 9.28. The zero-order valence-electron chi connectivity index (χ0n) is 20.8. The first-order chi connectivity index (χ1) is 18.3. The summed E-state index contributed by atoms with van der Waals surface area (Å²) in [6, 6.07) is 21.8. The second-order valence-electron chi connectivity index (χ2n) is 9.28. The lowest BCUT2D eigenvalue weighted by molar-refractivity contribution is -0.204. The molecule has 194 valence electrons. The molecule has 1 aromatic heterocycles. The Kier molecular flexibility index (Phi) is 6.98. The molecule has 2 heterocycles. The highest BCUT2D eigenvalue weighted by Gasteiger charge is 2.41. The van der Waals surface area contributed by atoms with E-state index in [-0.39, 0.29) is 17.9 Å². The van der Waals surface area contributed by atoms with Gasteiger partial charge in [0.2, 0.25) is 6.29 Å². The molecule has 8 nitrogen and oxygen atoms in total. The molecule has 0 amide bonds. The van der Waals surface area contributed by atoms with E-state index in [1.54, 1.807) is 72.8 Å². The number of fused-ring (bicyclic) bond motifs is 1. The smallest absolute Gasteiger partial charge is 0.338 e. The standard InChI is InChI=1S/C30H26O8/c1-17-14-27(31)37-25-15-20(12-13-21(17)25)36-30-26(38-29(34)19-8-4-3-5-9-19)16-24(18(2)35-30)22-10-6-7-11-23(22)28(32)33/h3-15,18,24,26,30H,16H2,1-2H3,(H,32,33)/t18-,24+,26-,30-/m0/s1. The zero-order valence-corrected chi connectivity index (χ0v) is 20.8. The van der Waals surface area contributed by atoms with Crippen molar-refractivity contribution in [1.29, 1.82) is 0 Å². The Morgan fingerprint density at radius 1 is 0.974 bits per heavy atom. The van der Waals surface area contributed by atoms with Crippen molar-refractivity contribution >= 4 is 22.9 Å². The van der Waals surface area contributed by atoms with E-state index in [4.69, 9.17) is 18.6 Å². The normalized spacial score (nSPS) is 21.1. The maximum Gasteiger partial charge on any atom is 0.338 e. The Bertz CT molecular complexity index is 1540. The maximum absolute atomic E-state index is 13.0. The molecule has 0 unspecified atom stereocenters. The monoisotopic (exact) mass is 514 g/mol. The molecule has 0 spiro atoms. The highest BCUT2D eigenvalue weighted by Crippen LogP contribution is 2.38. The first-order valence-corrected chi connectivity index (χ1v) is 12.2. The van der Waals surface area contributed by atoms with Crippen molar-refractivity contribution in [2.24, 2.45) is 0 Å². The number of carbonyl (C=O) groups excluding carboxylic acids is 1. The quantitative estimate of drug-likeness (QED) is 0.272. The molecule has 0 radical (unpaired) electrons. The predicted molar refractivity (Wildman–Crippen MR) is 139 cm³/mol. The van der Waals surface area contributed by atoms with Crippen molar-refractivity contribution in [3.63, 3.8) is 0 Å². The molecule has 5 rings (SSSR count). The van der Waals surface area contributed by atoms with Gasteiger partial charge in [-0.25, -0.2) is 14.4 Å². The Hall–Kier alpha value is -4.43. The highest BCUT2D eigenvalue weighted by molar-refractivity contribution is 5.90. The predicted octanol–water partition coefficient (Wildman–Crippen LogP) is 5.32. The molecule has 8 heteroatoms. The van der Waals surface area contributed by atoms with Crippen LogP contribution in [-0.4, -0.2) is 35.5 Å². The topological polar surface area (TPSA) is 112 Å². The van der Waals surface area contributed by atoms with Crippen molar-refractivity contribution in [3.05, 3.63) is 112 Å². The summed E-state index contributed by atoms with van der Waals surface area (Å²) in [6.07, 6.45) is -2.02. The molecule has 0 bridgehead atoms. The molecule has 1 aliphatic heterocycles. The van der Waals surface area contributed by atoms with E-state index in [1.807, 2.05) is 13.8 Å². The van der Waals surface area contributed by atoms with E-state index < -0.39 is 36.1 Å². The number of carboxylic acids is 1. The van der Waals surface area contributed by atoms with Gasteiger partial charge in [0.25, 0.3) is 0 Å². The fourth-order valence-corrected chi connectivity index (χ4v) is 4.84. The molecular weight excluding hydrogens is 488 g/mol. The number of carbonyl (C=O) groups is 2. The molecule has 1 N–H and O–H groups in total. The average molecular weight is 515 g/mol. The average Bonchev–Trinajstić information content (AvgIpc) is 2.90. The summed E-state index contributed by atoms with van der Waals surface area (Å²) < 4.78 is 23.6. The van der Waals surface area contributed by atoms with Gasteiger partial charge in [0.1, 0.15) is 11.3 Å². The Morgan fingerprint density at radius 2 is 1.71 bits per heavy atom. The first kappa shape index (κ1) is 25.2. The lowest BCUT2D eigenvalue weighted by atomic mass is 9.84. The third-order valence-corrected chi connectivity index (χ3v) is 6.74. The molecule has 4 aromatic rings. The Morgan fingerprint density at radius 3 is 2.47 bits per heavy atom. The number of hydrogen-bond donors (Lipinski definition) is 1. The summed E-state index contributed by atoms with van der Waals surface area (Å²) in [5.41, 5.74) is 1.80. The van der Waals surface area contributed by atoms with Crippen molar-refractivity contribution in [2.45, 2.75) is 44.7 Å². The van der Waals surface area contributed by atoms with Crippen LogP contribution < -0.4 is 10.4 Å². The van der Waals surface area contributed by atoms with Crippen LogP contribution in [0, 0.1) is 6.92 Å². The van der Waals surface area contributed by atoms with E-state index in [9.17, 15) is 19.5 Å². The fourth-order valence-electron chi connectivity index (χ4n) is 4.84. The van der Waals surface area contributed by atoms with Crippen molar-refractivity contribution < 1.29 is 33.3 Å². The van der Waals surface area contributed by atoms with Gasteiger partial charge in [-0.1, -0.05) is 36.4 Å². The number of rotatable bonds is 6. The van der Waals surface area contributed by atoms with Crippen LogP contribution in [0.5, 0.6) is 5.75 Å². The number of ether oxygens (including phenoxy) is 3. The molecule has 38 heavy (non-hydrogen) atoms. The lowest BCUT2D eigenvalue weighted by Crippen LogP contribution is -2.47. The molecule has 3 aromatic carbocycles. The number of benzene rings is 3. The first-order valence-electron chi connectivity index (χ1n) is 12.2. The van der Waals surface area contributed by atoms with Gasteiger partial charge in [0, 0.05) is 23.4 Å². The molecule has 1 fully saturated rings. The van der Waals surface area contributed by atoms with Crippen LogP contribution in [0.25, 0.3) is 11.0 Å². The van der Waals surface area contributed by atoms with Gasteiger partial charge in [0.05, 0.1) is 17.2 Å². The number of carboxylic acid groups (broad SMARTS) is 1. The maximum atomic E-state index is 13.0. The fraction of sp³-hybridized carbons (Fsp3) is 0.233. The largest absolute Gasteiger partial charge is 0.478 e. The summed E-state index contributed by atoms with van der Waals surface area (Å²) in [4.78, 5) is 36.7. The van der Waals surface area contributed by atoms with E-state index in [1.165, 1.54) is 6.07 Å². The number of hydrogen-bond acceptors (Lipinski definition) is 7. The molecule has 4 atom stereocenters. The Labute approximate surface area is 218 Å². The van der Waals surface area contributed by atoms with Crippen LogP contribution in [0.4, 0.5) is 0 Å². The highest BCUT2D eigenvalue weighted by atomic mass is 16.7. The third-order valence-electron chi connectivity index (χ3n) is 6.74. The van der Waals surface area contributed by atoms with E-state index in [2.05, 4.69) is 0 Å². The Balaban J connectivity index is 1.47. The van der Waals surface area contributed by atoms with Gasteiger partial charge < -0.3 is 23.7 Å². The molecule has 0 saturated carbocycles. The third kappa shape index (κ3) is 5.17. The SMILES string of the molecule is Cc1cc(=O)oc2cc(O[C@@H]3O[C@@H](C)[C@H](c4ccccc4C(=O)O)C[C@@H]3OC(=O)c3ccccc3)ccc12. The summed E-state index contributed by atoms with van der Waals surface area (Å²) in [6.45, 7) is 3.65. The summed E-state index contributed by atoms with van der Waals surface area (Å²) in [5, 5.41) is 10.5. The minimum absolute atomic E-state index is 0.167. The minimum atomic E-state index is -1.04. The molecular formula is C30H26O8. The van der Waals surface area contributed by atoms with Gasteiger partial charge in [-0.2, -0.15) is 0 Å². The van der Waals surface area contributed by atoms with Gasteiger partial charge in [0.15, 0.2) is 6.10 Å². The van der Waals surface area contributed by atoms with Gasteiger partial charge >= 0.3 is 17.6 Å². The van der Waals surface area contributed by atoms with Crippen LogP contribution in [0.2, 0.25) is 0 Å². The number of aromatic carboxylic acids is 1. The minimum Gasteiger partial charge on any atom is -0.478 e. The van der Waals surface area contributed by atoms with Gasteiger partial charge in [-0.3, -0.25) is 0 Å². The summed E-state index contributed by atoms with van der Waals surface area (Å²) >= 11 is 0. The van der Waals surface area contributed by atoms with Crippen molar-refractivity contribution in [3.8, 4) is 5.75 Å². The van der Waals surface area contributed by atoms with Gasteiger partial charge in [-0.15, -0.1) is 0 Å². The lowest BCUT2D eigenvalue weighted by Gasteiger charge is -2.40. The zero-order chi connectivity index (χ0) is 26.8. The van der Waals surface area contributed by atoms with E-state index in [0.29, 0.717) is 22.5 Å². The van der Waals surface area contributed by atoms with Crippen LogP contribution in [0.1, 0.15) is 51.1 Å². The van der Waals surface area contributed by atoms with Gasteiger partial charge in [-0.05, 0) is 61.7 Å². The van der Waals surface area contributed by atoms with Crippen LogP contribution in [0.3, 0.4) is 0 Å². The molecule has 0 aliphatic carbocycles. The number of aryl methyl sites for hydroxylation is 1. The van der Waals surface area contributed by atoms with Crippen LogP contribution in [-0.2, 0) is 9.47 Å². The van der Waals surface area contributed by atoms with E-state index >= 15 is 0 Å². The number of esters is 1. The summed E-state index contributed by atoms with van der Waals surface area (Å²) in [5.74, 6) is -1.59.